The Hall–Kier alpha value is -3.10. The highest BCUT2D eigenvalue weighted by molar-refractivity contribution is 5.89. The van der Waals surface area contributed by atoms with Gasteiger partial charge in [-0.1, -0.05) is 0 Å². The van der Waals surface area contributed by atoms with Gasteiger partial charge in [-0.25, -0.2) is 9.78 Å². The first-order valence-corrected chi connectivity index (χ1v) is 12.3. The van der Waals surface area contributed by atoms with Crippen LogP contribution in [0.1, 0.15) is 61.2 Å². The van der Waals surface area contributed by atoms with Gasteiger partial charge in [0.25, 0.3) is 0 Å². The molecule has 0 atom stereocenters. The maximum absolute atomic E-state index is 11.4. The maximum Gasteiger partial charge on any atom is 0.405 e. The summed E-state index contributed by atoms with van der Waals surface area (Å²) in [5.41, 5.74) is 12.3. The minimum atomic E-state index is -0.635. The first-order chi connectivity index (χ1) is 16.3. The van der Waals surface area contributed by atoms with E-state index in [0.29, 0.717) is 0 Å². The molecule has 34 heavy (non-hydrogen) atoms. The topological polar surface area (TPSA) is 104 Å². The van der Waals surface area contributed by atoms with Crippen molar-refractivity contribution in [3.8, 4) is 0 Å². The largest absolute Gasteiger partial charge is 0.443 e. The quantitative estimate of drug-likeness (QED) is 0.635. The monoisotopic (exact) mass is 463 g/mol. The molecule has 0 radical (unpaired) electrons. The highest BCUT2D eigenvalue weighted by Crippen LogP contribution is 2.54. The van der Waals surface area contributed by atoms with E-state index in [2.05, 4.69) is 32.7 Å². The summed E-state index contributed by atoms with van der Waals surface area (Å²) in [5, 5.41) is 10.6. The molecule has 9 heteroatoms. The molecule has 0 spiro atoms. The molecule has 2 N–H and O–H groups in total. The number of hydrogen-bond donors (Lipinski definition) is 1. The number of fused-ring (bicyclic) bond motifs is 5. The highest BCUT2D eigenvalue weighted by atomic mass is 16.6. The third kappa shape index (κ3) is 3.35. The maximum atomic E-state index is 11.4. The molecule has 9 nitrogen and oxygen atoms in total. The number of aromatic nitrogens is 5. The van der Waals surface area contributed by atoms with Crippen molar-refractivity contribution < 1.29 is 9.53 Å². The smallest absolute Gasteiger partial charge is 0.405 e. The Kier molecular flexibility index (Phi) is 4.70. The lowest BCUT2D eigenvalue weighted by atomic mass is 9.58. The summed E-state index contributed by atoms with van der Waals surface area (Å²) in [4.78, 5) is 18.5. The zero-order valence-electron chi connectivity index (χ0n) is 20.3. The van der Waals surface area contributed by atoms with E-state index in [1.807, 2.05) is 24.9 Å². The predicted octanol–water partition coefficient (Wildman–Crippen LogP) is 3.53. The molecule has 1 aliphatic heterocycles. The number of pyridine rings is 1. The van der Waals surface area contributed by atoms with Gasteiger partial charge in [0, 0.05) is 50.1 Å². The van der Waals surface area contributed by atoms with Crippen molar-refractivity contribution in [3.63, 3.8) is 0 Å². The lowest BCUT2D eigenvalue weighted by molar-refractivity contribution is -0.101. The summed E-state index contributed by atoms with van der Waals surface area (Å²) in [5.74, 6) is 0. The molecule has 0 aromatic carbocycles. The molecular formula is C25H33N7O2. The van der Waals surface area contributed by atoms with Gasteiger partial charge in [0.2, 0.25) is 0 Å². The van der Waals surface area contributed by atoms with E-state index in [4.69, 9.17) is 15.6 Å². The Bertz CT molecular complexity index is 1270. The van der Waals surface area contributed by atoms with Crippen LogP contribution in [-0.4, -0.2) is 42.8 Å². The van der Waals surface area contributed by atoms with Crippen LogP contribution in [-0.2, 0) is 31.3 Å². The van der Waals surface area contributed by atoms with Crippen LogP contribution in [0.2, 0.25) is 0 Å². The van der Waals surface area contributed by atoms with Crippen molar-refractivity contribution >= 4 is 22.8 Å². The Labute approximate surface area is 199 Å². The molecule has 3 fully saturated rings. The van der Waals surface area contributed by atoms with Gasteiger partial charge in [-0.05, 0) is 63.9 Å². The number of nitrogens with two attached hydrogens (primary N) is 1. The zero-order valence-corrected chi connectivity index (χ0v) is 20.3. The molecule has 4 aliphatic rings. The fourth-order valence-electron chi connectivity index (χ4n) is 6.63. The Balaban J connectivity index is 1.24. The van der Waals surface area contributed by atoms with Gasteiger partial charge < -0.3 is 15.4 Å². The first kappa shape index (κ1) is 21.4. The highest BCUT2D eigenvalue weighted by Gasteiger charge is 2.51. The van der Waals surface area contributed by atoms with Gasteiger partial charge in [0.1, 0.15) is 5.60 Å². The molecule has 3 saturated carbocycles. The molecule has 3 aromatic heterocycles. The van der Waals surface area contributed by atoms with Crippen molar-refractivity contribution in [3.05, 3.63) is 34.9 Å². The molecule has 3 aliphatic carbocycles. The summed E-state index contributed by atoms with van der Waals surface area (Å²) in [6, 6.07) is 2.18. The summed E-state index contributed by atoms with van der Waals surface area (Å²) in [6.07, 6.45) is 8.20. The van der Waals surface area contributed by atoms with Gasteiger partial charge in [0.15, 0.2) is 5.65 Å². The summed E-state index contributed by atoms with van der Waals surface area (Å²) in [6.45, 7) is 6.95. The molecule has 4 heterocycles. The molecule has 1 amide bonds. The number of carbonyl (C=O) groups excluding carboxylic acids is 1. The first-order valence-electron chi connectivity index (χ1n) is 12.3. The average molecular weight is 464 g/mol. The average Bonchev–Trinajstić information content (AvgIpc) is 3.33. The summed E-state index contributed by atoms with van der Waals surface area (Å²) >= 11 is 0. The van der Waals surface area contributed by atoms with E-state index >= 15 is 0 Å². The van der Waals surface area contributed by atoms with Crippen LogP contribution < -0.4 is 10.6 Å². The second-order valence-electron chi connectivity index (χ2n) is 10.7. The normalized spacial score (nSPS) is 26.1. The zero-order chi connectivity index (χ0) is 23.7. The Morgan fingerprint density at radius 3 is 2.62 bits per heavy atom. The number of primary amides is 1. The van der Waals surface area contributed by atoms with E-state index in [0.717, 1.165) is 87.0 Å². The summed E-state index contributed by atoms with van der Waals surface area (Å²) < 4.78 is 9.70. The minimum Gasteiger partial charge on any atom is -0.443 e. The van der Waals surface area contributed by atoms with Crippen LogP contribution in [0.5, 0.6) is 0 Å². The number of anilines is 1. The van der Waals surface area contributed by atoms with Crippen LogP contribution in [0.15, 0.2) is 12.3 Å². The molecule has 0 unspecified atom stereocenters. The van der Waals surface area contributed by atoms with Crippen LogP contribution in [0.4, 0.5) is 10.5 Å². The van der Waals surface area contributed by atoms with Crippen LogP contribution in [0, 0.1) is 19.3 Å². The van der Waals surface area contributed by atoms with Gasteiger partial charge >= 0.3 is 6.09 Å². The summed E-state index contributed by atoms with van der Waals surface area (Å²) in [7, 11) is 1.95. The van der Waals surface area contributed by atoms with E-state index in [1.165, 1.54) is 16.9 Å². The molecular weight excluding hydrogens is 430 g/mol. The molecule has 2 bridgehead atoms. The van der Waals surface area contributed by atoms with E-state index < -0.39 is 6.09 Å². The third-order valence-electron chi connectivity index (χ3n) is 8.62. The number of hydrogen-bond acceptors (Lipinski definition) is 6. The van der Waals surface area contributed by atoms with Gasteiger partial charge in [0.05, 0.1) is 23.0 Å². The molecule has 7 rings (SSSR count). The van der Waals surface area contributed by atoms with Crippen molar-refractivity contribution in [2.24, 2.45) is 18.2 Å². The molecule has 0 saturated heterocycles. The van der Waals surface area contributed by atoms with Gasteiger partial charge in [-0.3, -0.25) is 9.36 Å². The van der Waals surface area contributed by atoms with Crippen molar-refractivity contribution in [2.45, 2.75) is 77.5 Å². The number of rotatable bonds is 4. The SMILES string of the molecule is Cc1cc(N2CCc3c(c(C)nn3CC34CCC(OC(N)=O)(CC3)CC4)C2)c2cnn(C)c2n1. The second kappa shape index (κ2) is 7.45. The number of carbonyl (C=O) groups is 1. The lowest BCUT2D eigenvalue weighted by Crippen LogP contribution is -2.50. The predicted molar refractivity (Wildman–Crippen MR) is 128 cm³/mol. The standard InChI is InChI=1S/C25H33N7O2/c1-16-12-21(18-13-27-30(3)22(18)28-16)31-11-4-20-19(14-31)17(2)29-32(20)15-24-5-8-25(9-6-24,10-7-24)34-23(26)33/h12-13H,4-11,14-15H2,1-3H3,(H2,26,33). The Morgan fingerprint density at radius 2 is 1.91 bits per heavy atom. The fourth-order valence-corrected chi connectivity index (χ4v) is 6.63. The van der Waals surface area contributed by atoms with Crippen LogP contribution in [0.25, 0.3) is 11.0 Å². The fraction of sp³-hybridized carbons (Fsp3) is 0.600. The van der Waals surface area contributed by atoms with Crippen molar-refractivity contribution in [1.29, 1.82) is 0 Å². The Morgan fingerprint density at radius 1 is 1.18 bits per heavy atom. The van der Waals surface area contributed by atoms with Crippen molar-refractivity contribution in [1.82, 2.24) is 24.5 Å². The van der Waals surface area contributed by atoms with E-state index in [-0.39, 0.29) is 11.0 Å². The second-order valence-corrected chi connectivity index (χ2v) is 10.7. The van der Waals surface area contributed by atoms with E-state index in [9.17, 15) is 4.79 Å². The molecule has 3 aromatic rings. The van der Waals surface area contributed by atoms with Gasteiger partial charge in [-0.2, -0.15) is 10.2 Å². The van der Waals surface area contributed by atoms with Crippen molar-refractivity contribution in [2.75, 3.05) is 11.4 Å². The van der Waals surface area contributed by atoms with E-state index in [1.54, 1.807) is 0 Å². The van der Waals surface area contributed by atoms with Crippen LogP contribution in [0.3, 0.4) is 0 Å². The molecule has 180 valence electrons. The number of aryl methyl sites for hydroxylation is 3. The number of nitrogens with zero attached hydrogens (tertiary/aromatic N) is 6. The minimum absolute atomic E-state index is 0.246. The number of amides is 1. The van der Waals surface area contributed by atoms with Crippen LogP contribution >= 0.6 is 0 Å². The third-order valence-corrected chi connectivity index (χ3v) is 8.62. The lowest BCUT2D eigenvalue weighted by Gasteiger charge is -2.52. The number of ether oxygens (including phenoxy) is 1. The van der Waals surface area contributed by atoms with Gasteiger partial charge in [-0.15, -0.1) is 0 Å².